The van der Waals surface area contributed by atoms with Crippen molar-refractivity contribution >= 4 is 23.5 Å². The molecule has 3 amide bonds. The molecule has 0 aliphatic rings. The molecule has 82 valence electrons. The topological polar surface area (TPSA) is 49.4 Å². The van der Waals surface area contributed by atoms with Crippen molar-refractivity contribution < 1.29 is 18.4 Å². The molecular formula is C7H11ClF2N2O2. The molecule has 0 bridgehead atoms. The van der Waals surface area contributed by atoms with E-state index in [1.807, 2.05) is 5.32 Å². The molecule has 1 N–H and O–H groups in total. The molecular weight excluding hydrogens is 218 g/mol. The van der Waals surface area contributed by atoms with Gasteiger partial charge in [-0.05, 0) is 0 Å². The van der Waals surface area contributed by atoms with Crippen molar-refractivity contribution in [3.63, 3.8) is 0 Å². The first kappa shape index (κ1) is 13.1. The van der Waals surface area contributed by atoms with Gasteiger partial charge in [0.25, 0.3) is 6.43 Å². The van der Waals surface area contributed by atoms with Gasteiger partial charge >= 0.3 is 6.03 Å². The van der Waals surface area contributed by atoms with E-state index in [1.165, 1.54) is 7.05 Å². The molecule has 0 saturated carbocycles. The Hall–Kier alpha value is -0.910. The highest BCUT2D eigenvalue weighted by Gasteiger charge is 2.15. The number of imide groups is 1. The SMILES string of the molecule is CN(CC(F)F)C(=O)NC(=O)CCCl. The number of nitrogens with one attached hydrogen (secondary N) is 1. The molecule has 7 heteroatoms. The van der Waals surface area contributed by atoms with Gasteiger partial charge in [-0.2, -0.15) is 0 Å². The van der Waals surface area contributed by atoms with Crippen LogP contribution in [0.15, 0.2) is 0 Å². The van der Waals surface area contributed by atoms with E-state index in [1.54, 1.807) is 0 Å². The van der Waals surface area contributed by atoms with Crippen LogP contribution in [0.3, 0.4) is 0 Å². The Morgan fingerprint density at radius 1 is 1.50 bits per heavy atom. The summed E-state index contributed by atoms with van der Waals surface area (Å²) in [5.41, 5.74) is 0. The van der Waals surface area contributed by atoms with Gasteiger partial charge in [-0.15, -0.1) is 11.6 Å². The number of amides is 3. The molecule has 0 aliphatic carbocycles. The molecule has 0 aromatic carbocycles. The van der Waals surface area contributed by atoms with Crippen LogP contribution in [0, 0.1) is 0 Å². The van der Waals surface area contributed by atoms with Crippen molar-refractivity contribution in [3.05, 3.63) is 0 Å². The van der Waals surface area contributed by atoms with Crippen LogP contribution in [0.1, 0.15) is 6.42 Å². The molecule has 4 nitrogen and oxygen atoms in total. The molecule has 0 radical (unpaired) electrons. The number of rotatable bonds is 4. The van der Waals surface area contributed by atoms with Crippen molar-refractivity contribution in [1.29, 1.82) is 0 Å². The van der Waals surface area contributed by atoms with E-state index in [-0.39, 0.29) is 12.3 Å². The zero-order valence-electron chi connectivity index (χ0n) is 7.60. The van der Waals surface area contributed by atoms with E-state index in [2.05, 4.69) is 0 Å². The fourth-order valence-electron chi connectivity index (χ4n) is 0.653. The van der Waals surface area contributed by atoms with E-state index in [9.17, 15) is 18.4 Å². The van der Waals surface area contributed by atoms with Gasteiger partial charge < -0.3 is 4.90 Å². The quantitative estimate of drug-likeness (QED) is 0.732. The van der Waals surface area contributed by atoms with Gasteiger partial charge in [0, 0.05) is 19.3 Å². The summed E-state index contributed by atoms with van der Waals surface area (Å²) in [6, 6.07) is -0.847. The molecule has 14 heavy (non-hydrogen) atoms. The van der Waals surface area contributed by atoms with Crippen molar-refractivity contribution in [1.82, 2.24) is 10.2 Å². The largest absolute Gasteiger partial charge is 0.323 e. The molecule has 0 atom stereocenters. The lowest BCUT2D eigenvalue weighted by Gasteiger charge is -2.16. The van der Waals surface area contributed by atoms with Crippen LogP contribution in [0.4, 0.5) is 13.6 Å². The number of alkyl halides is 3. The molecule has 0 unspecified atom stereocenters. The number of urea groups is 1. The standard InChI is InChI=1S/C7H11ClF2N2O2/c1-12(4-5(9)10)7(14)11-6(13)2-3-8/h5H,2-4H2,1H3,(H,11,13,14). The van der Waals surface area contributed by atoms with Crippen LogP contribution < -0.4 is 5.32 Å². The lowest BCUT2D eigenvalue weighted by molar-refractivity contribution is -0.119. The Bertz CT molecular complexity index is 214. The molecule has 0 fully saturated rings. The zero-order chi connectivity index (χ0) is 11.1. The lowest BCUT2D eigenvalue weighted by Crippen LogP contribution is -2.42. The van der Waals surface area contributed by atoms with Gasteiger partial charge in [-0.1, -0.05) is 0 Å². The number of hydrogen-bond acceptors (Lipinski definition) is 2. The van der Waals surface area contributed by atoms with Gasteiger partial charge in [0.2, 0.25) is 5.91 Å². The predicted octanol–water partition coefficient (Wildman–Crippen LogP) is 1.05. The monoisotopic (exact) mass is 228 g/mol. The molecule has 0 rings (SSSR count). The summed E-state index contributed by atoms with van der Waals surface area (Å²) in [5, 5.41) is 1.92. The maximum Gasteiger partial charge on any atom is 0.323 e. The number of carbonyl (C=O) groups excluding carboxylic acids is 2. The Kier molecular flexibility index (Phi) is 6.11. The molecule has 0 aromatic heterocycles. The fourth-order valence-corrected chi connectivity index (χ4v) is 0.825. The number of carbonyl (C=O) groups is 2. The van der Waals surface area contributed by atoms with Crippen molar-refractivity contribution in [2.75, 3.05) is 19.5 Å². The Labute approximate surface area is 85.2 Å². The van der Waals surface area contributed by atoms with Crippen molar-refractivity contribution in [3.8, 4) is 0 Å². The number of halogens is 3. The summed E-state index contributed by atoms with van der Waals surface area (Å²) in [6.45, 7) is -0.708. The van der Waals surface area contributed by atoms with Crippen LogP contribution >= 0.6 is 11.6 Å². The first-order valence-corrected chi connectivity index (χ1v) is 4.40. The highest BCUT2D eigenvalue weighted by molar-refractivity contribution is 6.19. The predicted molar refractivity (Wildman–Crippen MR) is 47.5 cm³/mol. The molecule has 0 heterocycles. The summed E-state index contributed by atoms with van der Waals surface area (Å²) < 4.78 is 23.6. The van der Waals surface area contributed by atoms with Crippen LogP contribution in [0.5, 0.6) is 0 Å². The summed E-state index contributed by atoms with van der Waals surface area (Å²) in [7, 11) is 1.18. The number of nitrogens with zero attached hydrogens (tertiary/aromatic N) is 1. The van der Waals surface area contributed by atoms with E-state index < -0.39 is 24.9 Å². The third-order valence-electron chi connectivity index (χ3n) is 1.33. The first-order chi connectivity index (χ1) is 6.47. The van der Waals surface area contributed by atoms with Crippen molar-refractivity contribution in [2.45, 2.75) is 12.8 Å². The highest BCUT2D eigenvalue weighted by atomic mass is 35.5. The minimum Gasteiger partial charge on any atom is -0.322 e. The molecule has 0 saturated heterocycles. The number of hydrogen-bond donors (Lipinski definition) is 1. The van der Waals surface area contributed by atoms with Crippen molar-refractivity contribution in [2.24, 2.45) is 0 Å². The second-order valence-electron chi connectivity index (χ2n) is 2.56. The van der Waals surface area contributed by atoms with E-state index in [0.717, 1.165) is 4.90 Å². The minimum absolute atomic E-state index is 0.0180. The highest BCUT2D eigenvalue weighted by Crippen LogP contribution is 1.96. The first-order valence-electron chi connectivity index (χ1n) is 3.86. The molecule has 0 spiro atoms. The Morgan fingerprint density at radius 3 is 2.50 bits per heavy atom. The maximum absolute atomic E-state index is 11.8. The van der Waals surface area contributed by atoms with E-state index in [4.69, 9.17) is 11.6 Å². The fraction of sp³-hybridized carbons (Fsp3) is 0.714. The summed E-state index contributed by atoms with van der Waals surface area (Å²) in [6.07, 6.45) is -2.63. The average Bonchev–Trinajstić information content (AvgIpc) is 2.02. The van der Waals surface area contributed by atoms with E-state index in [0.29, 0.717) is 0 Å². The minimum atomic E-state index is -2.62. The van der Waals surface area contributed by atoms with Crippen LogP contribution in [-0.4, -0.2) is 42.7 Å². The van der Waals surface area contributed by atoms with Crippen LogP contribution in [-0.2, 0) is 4.79 Å². The zero-order valence-corrected chi connectivity index (χ0v) is 8.35. The second kappa shape index (κ2) is 6.53. The lowest BCUT2D eigenvalue weighted by atomic mass is 10.4. The van der Waals surface area contributed by atoms with Gasteiger partial charge in [-0.25, -0.2) is 13.6 Å². The molecule has 0 aliphatic heterocycles. The smallest absolute Gasteiger partial charge is 0.322 e. The van der Waals surface area contributed by atoms with Gasteiger partial charge in [0.1, 0.15) is 0 Å². The Balaban J connectivity index is 3.89. The van der Waals surface area contributed by atoms with E-state index >= 15 is 0 Å². The van der Waals surface area contributed by atoms with Crippen LogP contribution in [0.25, 0.3) is 0 Å². The Morgan fingerprint density at radius 2 is 2.07 bits per heavy atom. The van der Waals surface area contributed by atoms with Crippen LogP contribution in [0.2, 0.25) is 0 Å². The third-order valence-corrected chi connectivity index (χ3v) is 1.52. The maximum atomic E-state index is 11.8. The average molecular weight is 229 g/mol. The second-order valence-corrected chi connectivity index (χ2v) is 2.94. The third kappa shape index (κ3) is 5.69. The summed E-state index contributed by atoms with van der Waals surface area (Å²) >= 11 is 5.24. The normalized spacial score (nSPS) is 10.1. The molecule has 0 aromatic rings. The van der Waals surface area contributed by atoms with Gasteiger partial charge in [0.15, 0.2) is 0 Å². The summed E-state index contributed by atoms with van der Waals surface area (Å²) in [4.78, 5) is 22.5. The van der Waals surface area contributed by atoms with Gasteiger partial charge in [0.05, 0.1) is 6.54 Å². The van der Waals surface area contributed by atoms with Gasteiger partial charge in [-0.3, -0.25) is 10.1 Å². The summed E-state index contributed by atoms with van der Waals surface area (Å²) in [5.74, 6) is -0.497.